The first kappa shape index (κ1) is 18.8. The van der Waals surface area contributed by atoms with Crippen molar-refractivity contribution in [1.82, 2.24) is 20.2 Å². The van der Waals surface area contributed by atoms with Gasteiger partial charge in [0, 0.05) is 34.5 Å². The normalized spacial score (nSPS) is 19.9. The predicted molar refractivity (Wildman–Crippen MR) is 116 cm³/mol. The number of pyridine rings is 2. The van der Waals surface area contributed by atoms with E-state index >= 15 is 0 Å². The van der Waals surface area contributed by atoms with Gasteiger partial charge in [-0.05, 0) is 55.9 Å². The molecule has 0 radical (unpaired) electrons. The molecule has 28 heavy (non-hydrogen) atoms. The highest BCUT2D eigenvalue weighted by Crippen LogP contribution is 2.34. The van der Waals surface area contributed by atoms with Crippen LogP contribution >= 0.6 is 0 Å². The Balaban J connectivity index is 0.00000160. The van der Waals surface area contributed by atoms with Crippen LogP contribution in [0.25, 0.3) is 22.4 Å². The van der Waals surface area contributed by atoms with Gasteiger partial charge in [0.2, 0.25) is 0 Å². The van der Waals surface area contributed by atoms with Gasteiger partial charge in [-0.15, -0.1) is 0 Å². The molecule has 3 aromatic rings. The molecule has 2 atom stereocenters. The Morgan fingerprint density at radius 1 is 1.36 bits per heavy atom. The molecular weight excluding hydrogens is 355 g/mol. The van der Waals surface area contributed by atoms with Crippen LogP contribution in [0.5, 0.6) is 0 Å². The van der Waals surface area contributed by atoms with Gasteiger partial charge in [-0.2, -0.15) is 5.10 Å². The lowest BCUT2D eigenvalue weighted by Gasteiger charge is -2.44. The van der Waals surface area contributed by atoms with E-state index in [9.17, 15) is 4.39 Å². The topological polar surface area (TPSA) is 83.7 Å². The fourth-order valence-electron chi connectivity index (χ4n) is 3.98. The molecule has 0 spiro atoms. The minimum Gasteiger partial charge on any atom is -0.356 e. The van der Waals surface area contributed by atoms with Crippen molar-refractivity contribution in [2.24, 2.45) is 17.6 Å². The van der Waals surface area contributed by atoms with E-state index in [0.717, 1.165) is 37.1 Å². The van der Waals surface area contributed by atoms with Crippen LogP contribution in [0.3, 0.4) is 0 Å². The molecule has 7 heteroatoms. The molecular formula is C21H33FN6. The van der Waals surface area contributed by atoms with Gasteiger partial charge in [0.25, 0.3) is 0 Å². The minimum atomic E-state index is -0.377. The zero-order chi connectivity index (χ0) is 19.9. The Bertz CT molecular complexity index is 994. The summed E-state index contributed by atoms with van der Waals surface area (Å²) in [5.74, 6) is 1.15. The van der Waals surface area contributed by atoms with Crippen molar-refractivity contribution in [3.8, 4) is 11.4 Å². The van der Waals surface area contributed by atoms with E-state index < -0.39 is 0 Å². The van der Waals surface area contributed by atoms with Crippen LogP contribution in [0.1, 0.15) is 37.9 Å². The average Bonchev–Trinajstić information content (AvgIpc) is 3.12. The summed E-state index contributed by atoms with van der Waals surface area (Å²) in [6.45, 7) is 8.21. The van der Waals surface area contributed by atoms with Crippen LogP contribution in [0.4, 0.5) is 10.2 Å². The maximum Gasteiger partial charge on any atom is 0.181 e. The highest BCUT2D eigenvalue weighted by molar-refractivity contribution is 5.89. The van der Waals surface area contributed by atoms with E-state index in [-0.39, 0.29) is 21.3 Å². The Kier molecular flexibility index (Phi) is 4.79. The van der Waals surface area contributed by atoms with E-state index in [1.165, 1.54) is 6.07 Å². The lowest BCUT2D eigenvalue weighted by molar-refractivity contribution is 0.193. The van der Waals surface area contributed by atoms with E-state index in [0.29, 0.717) is 23.2 Å². The summed E-state index contributed by atoms with van der Waals surface area (Å²) in [5, 5.41) is 7.83. The summed E-state index contributed by atoms with van der Waals surface area (Å²) in [6, 6.07) is 6.91. The molecule has 2 unspecified atom stereocenters. The van der Waals surface area contributed by atoms with E-state index in [2.05, 4.69) is 45.8 Å². The minimum absolute atomic E-state index is 0. The highest BCUT2D eigenvalue weighted by atomic mass is 19.1. The molecule has 4 heterocycles. The zero-order valence-electron chi connectivity index (χ0n) is 16.6. The molecule has 3 N–H and O–H groups in total. The first-order chi connectivity index (χ1) is 13.4. The molecule has 0 bridgehead atoms. The number of halogens is 1. The van der Waals surface area contributed by atoms with Gasteiger partial charge in [-0.25, -0.2) is 14.4 Å². The average molecular weight is 389 g/mol. The van der Waals surface area contributed by atoms with E-state index in [4.69, 9.17) is 5.73 Å². The van der Waals surface area contributed by atoms with Crippen LogP contribution in [0, 0.1) is 17.7 Å². The number of nitrogens with two attached hydrogens (primary N) is 1. The Labute approximate surface area is 168 Å². The van der Waals surface area contributed by atoms with Crippen molar-refractivity contribution in [3.05, 3.63) is 36.3 Å². The molecule has 154 valence electrons. The first-order valence-electron chi connectivity index (χ1n) is 9.87. The summed E-state index contributed by atoms with van der Waals surface area (Å²) < 4.78 is 14.6. The quantitative estimate of drug-likeness (QED) is 0.688. The number of nitrogens with zero attached hydrogens (tertiary/aromatic N) is 4. The van der Waals surface area contributed by atoms with E-state index in [1.54, 1.807) is 12.3 Å². The SMILES string of the molecule is CC(C)C(C)(N)C1CCCN(c2ccc(F)c(-c3[nH]nc4ncccc34)n2)C1.[HH].[HH].[HH]. The van der Waals surface area contributed by atoms with Gasteiger partial charge >= 0.3 is 0 Å². The van der Waals surface area contributed by atoms with Gasteiger partial charge in [-0.1, -0.05) is 13.8 Å². The molecule has 6 nitrogen and oxygen atoms in total. The number of anilines is 1. The lowest BCUT2D eigenvalue weighted by Crippen LogP contribution is -2.54. The summed E-state index contributed by atoms with van der Waals surface area (Å²) in [7, 11) is 0. The summed E-state index contributed by atoms with van der Waals surface area (Å²) >= 11 is 0. The Morgan fingerprint density at radius 3 is 2.96 bits per heavy atom. The largest absolute Gasteiger partial charge is 0.356 e. The predicted octanol–water partition coefficient (Wildman–Crippen LogP) is 4.49. The number of H-pyrrole nitrogens is 1. The molecule has 0 aromatic carbocycles. The molecule has 3 aromatic heterocycles. The van der Waals surface area contributed by atoms with Crippen molar-refractivity contribution in [2.75, 3.05) is 18.0 Å². The number of aromatic amines is 1. The van der Waals surface area contributed by atoms with Gasteiger partial charge in [0.1, 0.15) is 11.5 Å². The molecule has 1 fully saturated rings. The molecule has 1 aliphatic rings. The number of hydrogen-bond donors (Lipinski definition) is 2. The fourth-order valence-corrected chi connectivity index (χ4v) is 3.98. The van der Waals surface area contributed by atoms with Crippen molar-refractivity contribution >= 4 is 16.9 Å². The van der Waals surface area contributed by atoms with Crippen LogP contribution in [0.15, 0.2) is 30.5 Å². The molecule has 1 saturated heterocycles. The van der Waals surface area contributed by atoms with Crippen molar-refractivity contribution in [3.63, 3.8) is 0 Å². The number of piperidine rings is 1. The maximum atomic E-state index is 14.6. The van der Waals surface area contributed by atoms with Gasteiger partial charge in [0.15, 0.2) is 11.5 Å². The zero-order valence-corrected chi connectivity index (χ0v) is 16.6. The first-order valence-corrected chi connectivity index (χ1v) is 9.87. The van der Waals surface area contributed by atoms with Crippen molar-refractivity contribution < 1.29 is 8.67 Å². The highest BCUT2D eigenvalue weighted by Gasteiger charge is 2.36. The van der Waals surface area contributed by atoms with Crippen LogP contribution in [-0.2, 0) is 0 Å². The molecule has 1 aliphatic heterocycles. The van der Waals surface area contributed by atoms with Gasteiger partial charge < -0.3 is 10.6 Å². The maximum absolute atomic E-state index is 14.6. The summed E-state index contributed by atoms with van der Waals surface area (Å²) in [6.07, 6.45) is 3.82. The number of rotatable bonds is 4. The third-order valence-electron chi connectivity index (χ3n) is 6.27. The molecule has 0 amide bonds. The number of nitrogens with one attached hydrogen (secondary N) is 1. The van der Waals surface area contributed by atoms with E-state index in [1.807, 2.05) is 12.1 Å². The summed E-state index contributed by atoms with van der Waals surface area (Å²) in [4.78, 5) is 11.1. The van der Waals surface area contributed by atoms with Crippen molar-refractivity contribution in [1.29, 1.82) is 0 Å². The third kappa shape index (κ3) is 3.24. The smallest absolute Gasteiger partial charge is 0.181 e. The molecule has 4 rings (SSSR count). The third-order valence-corrected chi connectivity index (χ3v) is 6.27. The molecule has 0 saturated carbocycles. The van der Waals surface area contributed by atoms with Gasteiger partial charge in [-0.3, -0.25) is 5.10 Å². The second-order valence-corrected chi connectivity index (χ2v) is 8.28. The standard InChI is InChI=1S/C21H27FN6.3H2/c1-13(2)21(3,23)14-6-5-11-28(12-14)17-9-8-16(22)19(25-17)18-15-7-4-10-24-20(15)27-26-18;;;/h4,7-10,13-14H,5-6,11-12,23H2,1-3H3,(H,24,26,27);3*1H. The second-order valence-electron chi connectivity index (χ2n) is 8.28. The van der Waals surface area contributed by atoms with Crippen LogP contribution < -0.4 is 10.6 Å². The number of aromatic nitrogens is 4. The Morgan fingerprint density at radius 2 is 2.18 bits per heavy atom. The second kappa shape index (κ2) is 7.13. The monoisotopic (exact) mass is 388 g/mol. The summed E-state index contributed by atoms with van der Waals surface area (Å²) in [5.41, 5.74) is 7.78. The number of fused-ring (bicyclic) bond motifs is 1. The van der Waals surface area contributed by atoms with Crippen LogP contribution in [-0.4, -0.2) is 38.8 Å². The number of hydrogen-bond acceptors (Lipinski definition) is 5. The molecule has 0 aliphatic carbocycles. The fraction of sp³-hybridized carbons (Fsp3) is 0.476. The lowest BCUT2D eigenvalue weighted by atomic mass is 9.74. The van der Waals surface area contributed by atoms with Crippen molar-refractivity contribution in [2.45, 2.75) is 39.2 Å². The van der Waals surface area contributed by atoms with Gasteiger partial charge in [0.05, 0.1) is 5.69 Å². The van der Waals surface area contributed by atoms with Crippen LogP contribution in [0.2, 0.25) is 0 Å². The Hall–Kier alpha value is -2.54.